The highest BCUT2D eigenvalue weighted by molar-refractivity contribution is 5.18. The maximum atomic E-state index is 13.7. The molecule has 1 fully saturated rings. The first-order valence-electron chi connectivity index (χ1n) is 8.27. The second-order valence-corrected chi connectivity index (χ2v) is 6.49. The van der Waals surface area contributed by atoms with Gasteiger partial charge in [-0.05, 0) is 56.7 Å². The van der Waals surface area contributed by atoms with Crippen molar-refractivity contribution < 1.29 is 8.78 Å². The first-order chi connectivity index (χ1) is 11.1. The van der Waals surface area contributed by atoms with Gasteiger partial charge in [0.25, 0.3) is 0 Å². The van der Waals surface area contributed by atoms with Gasteiger partial charge >= 0.3 is 0 Å². The number of piperidine rings is 1. The van der Waals surface area contributed by atoms with Crippen LogP contribution >= 0.6 is 0 Å². The highest BCUT2D eigenvalue weighted by Crippen LogP contribution is 2.24. The molecule has 0 aliphatic carbocycles. The summed E-state index contributed by atoms with van der Waals surface area (Å²) in [6.07, 6.45) is 5.70. The van der Waals surface area contributed by atoms with Crippen LogP contribution in [0.15, 0.2) is 24.5 Å². The van der Waals surface area contributed by atoms with E-state index >= 15 is 0 Å². The van der Waals surface area contributed by atoms with Gasteiger partial charge in [-0.15, -0.1) is 0 Å². The van der Waals surface area contributed by atoms with Crippen LogP contribution in [0.25, 0.3) is 0 Å². The lowest BCUT2D eigenvalue weighted by molar-refractivity contribution is 0.160. The molecule has 2 aromatic rings. The molecule has 0 bridgehead atoms. The molecule has 2 heterocycles. The zero-order valence-corrected chi connectivity index (χ0v) is 13.5. The molecule has 1 aliphatic heterocycles. The molecular weight excluding hydrogens is 296 g/mol. The number of hydrogen-bond acceptors (Lipinski definition) is 2. The zero-order chi connectivity index (χ0) is 16.2. The normalized spacial score (nSPS) is 19.2. The molecule has 124 valence electrons. The van der Waals surface area contributed by atoms with E-state index in [4.69, 9.17) is 0 Å². The van der Waals surface area contributed by atoms with Crippen molar-refractivity contribution in [1.82, 2.24) is 14.9 Å². The predicted molar refractivity (Wildman–Crippen MR) is 86.0 cm³/mol. The van der Waals surface area contributed by atoms with Crippen molar-refractivity contribution in [3.63, 3.8) is 0 Å². The summed E-state index contributed by atoms with van der Waals surface area (Å²) in [6, 6.07) is 3.88. The van der Waals surface area contributed by atoms with Crippen LogP contribution in [-0.2, 0) is 13.0 Å². The van der Waals surface area contributed by atoms with Crippen LogP contribution in [0.4, 0.5) is 8.78 Å². The minimum atomic E-state index is -0.510. The second-order valence-electron chi connectivity index (χ2n) is 6.49. The Kier molecular flexibility index (Phi) is 5.06. The molecule has 0 amide bonds. The monoisotopic (exact) mass is 319 g/mol. The van der Waals surface area contributed by atoms with Gasteiger partial charge in [0.05, 0.1) is 12.0 Å². The molecule has 5 heteroatoms. The Balaban J connectivity index is 1.53. The smallest absolute Gasteiger partial charge is 0.129 e. The number of hydrogen-bond donors (Lipinski definition) is 1. The largest absolute Gasteiger partial charge is 0.348 e. The number of rotatable bonds is 5. The minimum absolute atomic E-state index is 0.426. The van der Waals surface area contributed by atoms with E-state index in [1.807, 2.05) is 6.92 Å². The molecule has 3 rings (SSSR count). The SMILES string of the molecule is Cc1[nH]cnc1CN1CCC[C@H](CCc2ccc(F)cc2F)C1. The van der Waals surface area contributed by atoms with Crippen LogP contribution in [0.3, 0.4) is 0 Å². The Morgan fingerprint density at radius 1 is 1.35 bits per heavy atom. The average Bonchev–Trinajstić information content (AvgIpc) is 2.92. The van der Waals surface area contributed by atoms with Gasteiger partial charge in [-0.25, -0.2) is 13.8 Å². The number of benzene rings is 1. The van der Waals surface area contributed by atoms with Crippen molar-refractivity contribution in [3.8, 4) is 0 Å². The molecule has 3 nitrogen and oxygen atoms in total. The maximum Gasteiger partial charge on any atom is 0.129 e. The lowest BCUT2D eigenvalue weighted by Gasteiger charge is -2.32. The van der Waals surface area contributed by atoms with Gasteiger partial charge in [0, 0.05) is 24.8 Å². The third-order valence-corrected chi connectivity index (χ3v) is 4.75. The Labute approximate surface area is 135 Å². The van der Waals surface area contributed by atoms with E-state index in [1.54, 1.807) is 12.4 Å². The molecule has 1 aromatic carbocycles. The highest BCUT2D eigenvalue weighted by Gasteiger charge is 2.21. The molecule has 1 aromatic heterocycles. The van der Waals surface area contributed by atoms with E-state index in [0.29, 0.717) is 17.9 Å². The lowest BCUT2D eigenvalue weighted by atomic mass is 9.91. The van der Waals surface area contributed by atoms with Crippen molar-refractivity contribution in [1.29, 1.82) is 0 Å². The number of nitrogens with one attached hydrogen (secondary N) is 1. The first kappa shape index (κ1) is 16.1. The van der Waals surface area contributed by atoms with Gasteiger partial charge in [-0.1, -0.05) is 6.07 Å². The molecule has 1 saturated heterocycles. The second kappa shape index (κ2) is 7.21. The fourth-order valence-corrected chi connectivity index (χ4v) is 3.37. The summed E-state index contributed by atoms with van der Waals surface area (Å²) in [4.78, 5) is 9.91. The van der Waals surface area contributed by atoms with Crippen LogP contribution in [-0.4, -0.2) is 28.0 Å². The third-order valence-electron chi connectivity index (χ3n) is 4.75. The predicted octanol–water partition coefficient (Wildman–Crippen LogP) is 3.84. The van der Waals surface area contributed by atoms with E-state index in [1.165, 1.54) is 18.9 Å². The van der Waals surface area contributed by atoms with E-state index in [0.717, 1.165) is 43.5 Å². The summed E-state index contributed by atoms with van der Waals surface area (Å²) in [5.74, 6) is -0.373. The molecule has 0 spiro atoms. The van der Waals surface area contributed by atoms with E-state index in [2.05, 4.69) is 14.9 Å². The number of halogens is 2. The van der Waals surface area contributed by atoms with Crippen molar-refractivity contribution in [3.05, 3.63) is 53.1 Å². The van der Waals surface area contributed by atoms with Crippen LogP contribution in [0, 0.1) is 24.5 Å². The lowest BCUT2D eigenvalue weighted by Crippen LogP contribution is -2.35. The van der Waals surface area contributed by atoms with E-state index < -0.39 is 11.6 Å². The topological polar surface area (TPSA) is 31.9 Å². The van der Waals surface area contributed by atoms with Gasteiger partial charge in [0.2, 0.25) is 0 Å². The van der Waals surface area contributed by atoms with Crippen LogP contribution in [0.1, 0.15) is 36.2 Å². The Bertz CT molecular complexity index is 653. The number of aromatic amines is 1. The molecule has 1 N–H and O–H groups in total. The molecule has 0 saturated carbocycles. The van der Waals surface area contributed by atoms with Crippen LogP contribution in [0.5, 0.6) is 0 Å². The number of H-pyrrole nitrogens is 1. The molecule has 0 unspecified atom stereocenters. The van der Waals surface area contributed by atoms with Gasteiger partial charge in [-0.3, -0.25) is 4.90 Å². The summed E-state index contributed by atoms with van der Waals surface area (Å²) in [5, 5.41) is 0. The summed E-state index contributed by atoms with van der Waals surface area (Å²) in [5.41, 5.74) is 2.85. The number of aromatic nitrogens is 2. The molecule has 0 radical (unpaired) electrons. The number of likely N-dealkylation sites (tertiary alicyclic amines) is 1. The van der Waals surface area contributed by atoms with Gasteiger partial charge in [0.1, 0.15) is 11.6 Å². The van der Waals surface area contributed by atoms with Crippen molar-refractivity contribution >= 4 is 0 Å². The number of nitrogens with zero attached hydrogens (tertiary/aromatic N) is 2. The van der Waals surface area contributed by atoms with Crippen LogP contribution < -0.4 is 0 Å². The molecular formula is C18H23F2N3. The van der Waals surface area contributed by atoms with Crippen molar-refractivity contribution in [2.24, 2.45) is 5.92 Å². The Morgan fingerprint density at radius 3 is 2.96 bits per heavy atom. The molecule has 1 aliphatic rings. The summed E-state index contributed by atoms with van der Waals surface area (Å²) >= 11 is 0. The van der Waals surface area contributed by atoms with Crippen molar-refractivity contribution in [2.45, 2.75) is 39.2 Å². The van der Waals surface area contributed by atoms with Gasteiger partial charge in [0.15, 0.2) is 0 Å². The third kappa shape index (κ3) is 4.16. The zero-order valence-electron chi connectivity index (χ0n) is 13.5. The first-order valence-corrected chi connectivity index (χ1v) is 8.27. The Morgan fingerprint density at radius 2 is 2.22 bits per heavy atom. The molecule has 1 atom stereocenters. The van der Waals surface area contributed by atoms with Crippen LogP contribution in [0.2, 0.25) is 0 Å². The minimum Gasteiger partial charge on any atom is -0.348 e. The maximum absolute atomic E-state index is 13.7. The van der Waals surface area contributed by atoms with Crippen molar-refractivity contribution in [2.75, 3.05) is 13.1 Å². The summed E-state index contributed by atoms with van der Waals surface area (Å²) in [6.45, 7) is 5.03. The fraction of sp³-hybridized carbons (Fsp3) is 0.500. The van der Waals surface area contributed by atoms with Gasteiger partial charge < -0.3 is 4.98 Å². The standard InChI is InChI=1S/C18H23F2N3/c1-13-18(22-12-21-13)11-23-8-2-3-14(10-23)4-5-15-6-7-16(19)9-17(15)20/h6-7,9,12,14H,2-5,8,10-11H2,1H3,(H,21,22)/t14-/m1/s1. The number of imidazole rings is 1. The summed E-state index contributed by atoms with van der Waals surface area (Å²) in [7, 11) is 0. The highest BCUT2D eigenvalue weighted by atomic mass is 19.1. The van der Waals surface area contributed by atoms with E-state index in [-0.39, 0.29) is 0 Å². The average molecular weight is 319 g/mol. The number of aryl methyl sites for hydroxylation is 2. The molecule has 23 heavy (non-hydrogen) atoms. The summed E-state index contributed by atoms with van der Waals surface area (Å²) < 4.78 is 26.7. The van der Waals surface area contributed by atoms with Gasteiger partial charge in [-0.2, -0.15) is 0 Å². The quantitative estimate of drug-likeness (QED) is 0.908. The fourth-order valence-electron chi connectivity index (χ4n) is 3.37. The Hall–Kier alpha value is -1.75. The van der Waals surface area contributed by atoms with E-state index in [9.17, 15) is 8.78 Å².